The molecule has 0 aliphatic heterocycles. The molecule has 0 atom stereocenters. The van der Waals surface area contributed by atoms with Gasteiger partial charge in [0.2, 0.25) is 0 Å². The molecular formula is C12H17BrN6O2. The molecule has 0 saturated heterocycles. The van der Waals surface area contributed by atoms with E-state index >= 15 is 0 Å². The molecule has 8 nitrogen and oxygen atoms in total. The van der Waals surface area contributed by atoms with E-state index in [-0.39, 0.29) is 5.56 Å². The zero-order valence-corrected chi connectivity index (χ0v) is 13.4. The minimum absolute atomic E-state index is 0.212. The van der Waals surface area contributed by atoms with Crippen molar-refractivity contribution in [1.82, 2.24) is 19.6 Å². The highest BCUT2D eigenvalue weighted by atomic mass is 79.9. The minimum atomic E-state index is -0.212. The van der Waals surface area contributed by atoms with E-state index in [1.165, 1.54) is 4.68 Å². The van der Waals surface area contributed by atoms with E-state index in [1.807, 2.05) is 0 Å². The second kappa shape index (κ2) is 6.72. The summed E-state index contributed by atoms with van der Waals surface area (Å²) < 4.78 is 8.30. The summed E-state index contributed by atoms with van der Waals surface area (Å²) in [4.78, 5) is 12.1. The Hall–Kier alpha value is -1.87. The number of aryl methyl sites for hydroxylation is 1. The van der Waals surface area contributed by atoms with Crippen molar-refractivity contribution in [3.63, 3.8) is 0 Å². The Balaban J connectivity index is 2.12. The number of hydrogen-bond donors (Lipinski definition) is 2. The van der Waals surface area contributed by atoms with E-state index in [1.54, 1.807) is 31.2 Å². The second-order valence-corrected chi connectivity index (χ2v) is 5.22. The van der Waals surface area contributed by atoms with Gasteiger partial charge in [-0.1, -0.05) is 0 Å². The molecule has 0 aliphatic carbocycles. The molecule has 0 aromatic carbocycles. The maximum absolute atomic E-state index is 12.1. The monoisotopic (exact) mass is 356 g/mol. The first-order valence-electron chi connectivity index (χ1n) is 6.29. The highest BCUT2D eigenvalue weighted by Crippen LogP contribution is 2.18. The maximum atomic E-state index is 12.1. The third kappa shape index (κ3) is 3.42. The minimum Gasteiger partial charge on any atom is -0.384 e. The summed E-state index contributed by atoms with van der Waals surface area (Å²) in [5.74, 6) is 0.583. The standard InChI is InChI=1S/C12H17BrN6O2/c1-18-11(14)8(6-16-18)5-15-9-7-17-19(3-4-21-2)12(20)10(9)13/h6-7,15H,3-5,14H2,1-2H3. The van der Waals surface area contributed by atoms with E-state index in [9.17, 15) is 4.79 Å². The van der Waals surface area contributed by atoms with Crippen LogP contribution in [0.5, 0.6) is 0 Å². The van der Waals surface area contributed by atoms with E-state index in [0.29, 0.717) is 35.7 Å². The zero-order valence-electron chi connectivity index (χ0n) is 11.8. The van der Waals surface area contributed by atoms with Crippen LogP contribution in [-0.2, 0) is 24.9 Å². The summed E-state index contributed by atoms with van der Waals surface area (Å²) in [6.07, 6.45) is 3.27. The van der Waals surface area contributed by atoms with Gasteiger partial charge in [-0.2, -0.15) is 10.2 Å². The quantitative estimate of drug-likeness (QED) is 0.785. The van der Waals surface area contributed by atoms with Crippen molar-refractivity contribution in [3.8, 4) is 0 Å². The fraction of sp³-hybridized carbons (Fsp3) is 0.417. The zero-order chi connectivity index (χ0) is 15.4. The number of ether oxygens (including phenoxy) is 1. The van der Waals surface area contributed by atoms with Crippen LogP contribution in [0.2, 0.25) is 0 Å². The highest BCUT2D eigenvalue weighted by molar-refractivity contribution is 9.10. The number of hydrogen-bond acceptors (Lipinski definition) is 6. The molecular weight excluding hydrogens is 340 g/mol. The summed E-state index contributed by atoms with van der Waals surface area (Å²) in [6, 6.07) is 0. The number of rotatable bonds is 6. The Bertz CT molecular complexity index is 681. The van der Waals surface area contributed by atoms with E-state index < -0.39 is 0 Å². The normalized spacial score (nSPS) is 10.8. The number of nitrogens with zero attached hydrogens (tertiary/aromatic N) is 4. The molecule has 3 N–H and O–H groups in total. The Morgan fingerprint density at radius 1 is 1.43 bits per heavy atom. The molecule has 0 radical (unpaired) electrons. The van der Waals surface area contributed by atoms with Crippen LogP contribution >= 0.6 is 15.9 Å². The van der Waals surface area contributed by atoms with Crippen molar-refractivity contribution >= 4 is 27.4 Å². The van der Waals surface area contributed by atoms with Crippen LogP contribution in [0.1, 0.15) is 5.56 Å². The molecule has 0 amide bonds. The Morgan fingerprint density at radius 3 is 2.81 bits per heavy atom. The SMILES string of the molecule is COCCn1ncc(NCc2cnn(C)c2N)c(Br)c1=O. The van der Waals surface area contributed by atoms with Crippen LogP contribution in [0.3, 0.4) is 0 Å². The van der Waals surface area contributed by atoms with Crippen LogP contribution in [0.4, 0.5) is 11.5 Å². The number of nitrogens with one attached hydrogen (secondary N) is 1. The summed E-state index contributed by atoms with van der Waals surface area (Å²) in [5.41, 5.74) is 7.12. The molecule has 2 aromatic heterocycles. The Labute approximate surface area is 130 Å². The van der Waals surface area contributed by atoms with E-state index in [0.717, 1.165) is 5.56 Å². The fourth-order valence-corrected chi connectivity index (χ4v) is 2.19. The lowest BCUT2D eigenvalue weighted by atomic mass is 10.3. The van der Waals surface area contributed by atoms with Crippen LogP contribution < -0.4 is 16.6 Å². The number of anilines is 2. The van der Waals surface area contributed by atoms with Crippen molar-refractivity contribution in [2.45, 2.75) is 13.1 Å². The van der Waals surface area contributed by atoms with Crippen LogP contribution in [0, 0.1) is 0 Å². The van der Waals surface area contributed by atoms with Crippen molar-refractivity contribution in [3.05, 3.63) is 32.8 Å². The van der Waals surface area contributed by atoms with Gasteiger partial charge >= 0.3 is 0 Å². The Kier molecular flexibility index (Phi) is 4.97. The summed E-state index contributed by atoms with van der Waals surface area (Å²) >= 11 is 3.29. The van der Waals surface area contributed by atoms with Crippen LogP contribution in [-0.4, -0.2) is 33.3 Å². The van der Waals surface area contributed by atoms with Gasteiger partial charge in [0.1, 0.15) is 10.3 Å². The van der Waals surface area contributed by atoms with Crippen molar-refractivity contribution in [2.24, 2.45) is 7.05 Å². The molecule has 0 saturated carbocycles. The molecule has 0 aliphatic rings. The molecule has 0 bridgehead atoms. The average Bonchev–Trinajstić information content (AvgIpc) is 2.79. The summed E-state index contributed by atoms with van der Waals surface area (Å²) in [7, 11) is 3.35. The predicted octanol–water partition coefficient (Wildman–Crippen LogP) is 0.580. The largest absolute Gasteiger partial charge is 0.384 e. The number of aromatic nitrogens is 4. The number of nitrogens with two attached hydrogens (primary N) is 1. The Morgan fingerprint density at radius 2 is 2.19 bits per heavy atom. The lowest BCUT2D eigenvalue weighted by Gasteiger charge is -2.10. The fourth-order valence-electron chi connectivity index (χ4n) is 1.74. The number of nitrogen functional groups attached to an aromatic ring is 1. The van der Waals surface area contributed by atoms with Crippen molar-refractivity contribution in [2.75, 3.05) is 24.8 Å². The third-order valence-corrected chi connectivity index (χ3v) is 3.79. The molecule has 9 heteroatoms. The molecule has 0 spiro atoms. The molecule has 21 heavy (non-hydrogen) atoms. The van der Waals surface area contributed by atoms with Crippen LogP contribution in [0.25, 0.3) is 0 Å². The second-order valence-electron chi connectivity index (χ2n) is 4.43. The molecule has 2 rings (SSSR count). The van der Waals surface area contributed by atoms with Gasteiger partial charge in [0.05, 0.1) is 31.2 Å². The predicted molar refractivity (Wildman–Crippen MR) is 83.0 cm³/mol. The van der Waals surface area contributed by atoms with Gasteiger partial charge in [-0.3, -0.25) is 9.48 Å². The van der Waals surface area contributed by atoms with Crippen LogP contribution in [0.15, 0.2) is 21.7 Å². The van der Waals surface area contributed by atoms with E-state index in [2.05, 4.69) is 31.4 Å². The molecule has 114 valence electrons. The van der Waals surface area contributed by atoms with E-state index in [4.69, 9.17) is 10.5 Å². The molecule has 2 heterocycles. The third-order valence-electron chi connectivity index (χ3n) is 3.03. The average molecular weight is 357 g/mol. The van der Waals surface area contributed by atoms with Gasteiger partial charge in [0.25, 0.3) is 5.56 Å². The highest BCUT2D eigenvalue weighted by Gasteiger charge is 2.10. The summed E-state index contributed by atoms with van der Waals surface area (Å²) in [5, 5.41) is 11.3. The number of halogens is 1. The first-order chi connectivity index (χ1) is 10.0. The van der Waals surface area contributed by atoms with Gasteiger partial charge in [0.15, 0.2) is 0 Å². The van der Waals surface area contributed by atoms with Gasteiger partial charge in [0, 0.05) is 26.3 Å². The smallest absolute Gasteiger partial charge is 0.283 e. The van der Waals surface area contributed by atoms with Gasteiger partial charge < -0.3 is 15.8 Å². The maximum Gasteiger partial charge on any atom is 0.283 e. The summed E-state index contributed by atoms with van der Waals surface area (Å²) in [6.45, 7) is 1.30. The van der Waals surface area contributed by atoms with Gasteiger partial charge in [-0.05, 0) is 15.9 Å². The van der Waals surface area contributed by atoms with Gasteiger partial charge in [-0.15, -0.1) is 0 Å². The lowest BCUT2D eigenvalue weighted by molar-refractivity contribution is 0.181. The molecule has 0 fully saturated rings. The number of methoxy groups -OCH3 is 1. The molecule has 2 aromatic rings. The van der Waals surface area contributed by atoms with Crippen molar-refractivity contribution < 1.29 is 4.74 Å². The molecule has 0 unspecified atom stereocenters. The van der Waals surface area contributed by atoms with Gasteiger partial charge in [-0.25, -0.2) is 4.68 Å². The van der Waals surface area contributed by atoms with Crippen molar-refractivity contribution in [1.29, 1.82) is 0 Å². The first kappa shape index (κ1) is 15.5. The topological polar surface area (TPSA) is 100.0 Å². The lowest BCUT2D eigenvalue weighted by Crippen LogP contribution is -2.26. The first-order valence-corrected chi connectivity index (χ1v) is 7.08.